The number of halogens is 1. The Bertz CT molecular complexity index is 375. The number of carbonyl (C=O) groups is 1. The number of hydrogen-bond donors (Lipinski definition) is 2. The van der Waals surface area contributed by atoms with Gasteiger partial charge in [-0.15, -0.1) is 0 Å². The molecule has 0 aliphatic heterocycles. The average molecular weight is 197 g/mol. The van der Waals surface area contributed by atoms with Crippen molar-refractivity contribution in [2.45, 2.75) is 19.9 Å². The van der Waals surface area contributed by atoms with Crippen molar-refractivity contribution in [2.75, 3.05) is 0 Å². The van der Waals surface area contributed by atoms with E-state index < -0.39 is 17.6 Å². The molecule has 0 saturated heterocycles. The number of Topliss-reactive ketones (excluding diaryl/α,β-unsaturated/α-hetero) is 1. The van der Waals surface area contributed by atoms with E-state index in [9.17, 15) is 14.3 Å². The maximum absolute atomic E-state index is 13.1. The number of hydrogen-bond acceptors (Lipinski definition) is 3. The first-order valence-corrected chi connectivity index (χ1v) is 4.23. The van der Waals surface area contributed by atoms with Crippen LogP contribution in [0.15, 0.2) is 12.1 Å². The van der Waals surface area contributed by atoms with E-state index in [1.165, 1.54) is 13.8 Å². The Morgan fingerprint density at radius 3 is 2.64 bits per heavy atom. The van der Waals surface area contributed by atoms with Crippen LogP contribution in [0.4, 0.5) is 4.39 Å². The van der Waals surface area contributed by atoms with Gasteiger partial charge in [-0.3, -0.25) is 4.79 Å². The molecule has 0 amide bonds. The number of carbonyl (C=O) groups excluding carboxylic acids is 1. The molecule has 1 aromatic rings. The highest BCUT2D eigenvalue weighted by atomic mass is 19.1. The van der Waals surface area contributed by atoms with Crippen molar-refractivity contribution in [3.63, 3.8) is 0 Å². The second-order valence-corrected chi connectivity index (χ2v) is 3.22. The van der Waals surface area contributed by atoms with Crippen molar-refractivity contribution in [2.24, 2.45) is 5.73 Å². The smallest absolute Gasteiger partial charge is 0.183 e. The van der Waals surface area contributed by atoms with E-state index in [-0.39, 0.29) is 16.9 Å². The molecule has 0 aromatic heterocycles. The van der Waals surface area contributed by atoms with Crippen molar-refractivity contribution in [1.29, 1.82) is 0 Å². The molecule has 76 valence electrons. The zero-order valence-corrected chi connectivity index (χ0v) is 8.04. The Kier molecular flexibility index (Phi) is 2.86. The lowest BCUT2D eigenvalue weighted by Crippen LogP contribution is -2.27. The highest BCUT2D eigenvalue weighted by Gasteiger charge is 2.19. The van der Waals surface area contributed by atoms with Gasteiger partial charge in [0, 0.05) is 0 Å². The molecule has 0 radical (unpaired) electrons. The normalized spacial score (nSPS) is 12.6. The minimum absolute atomic E-state index is 0.0278. The van der Waals surface area contributed by atoms with Crippen molar-refractivity contribution < 1.29 is 14.3 Å². The monoisotopic (exact) mass is 197 g/mol. The van der Waals surface area contributed by atoms with Crippen LogP contribution in [0.25, 0.3) is 0 Å². The zero-order valence-electron chi connectivity index (χ0n) is 8.04. The van der Waals surface area contributed by atoms with Crippen molar-refractivity contribution in [3.8, 4) is 5.75 Å². The summed E-state index contributed by atoms with van der Waals surface area (Å²) >= 11 is 0. The second kappa shape index (κ2) is 3.75. The Labute approximate surface area is 81.4 Å². The minimum Gasteiger partial charge on any atom is -0.507 e. The first-order chi connectivity index (χ1) is 6.45. The van der Waals surface area contributed by atoms with Crippen LogP contribution in [0.3, 0.4) is 0 Å². The van der Waals surface area contributed by atoms with Gasteiger partial charge in [-0.1, -0.05) is 0 Å². The van der Waals surface area contributed by atoms with Crippen LogP contribution in [0.2, 0.25) is 0 Å². The third-order valence-electron chi connectivity index (χ3n) is 2.04. The lowest BCUT2D eigenvalue weighted by atomic mass is 9.99. The SMILES string of the molecule is Cc1c(F)ccc(O)c1C(=O)C(C)N. The Morgan fingerprint density at radius 2 is 2.14 bits per heavy atom. The standard InChI is InChI=1S/C10H12FNO2/c1-5-7(11)3-4-8(13)9(5)10(14)6(2)12/h3-4,6,13H,12H2,1-2H3. The lowest BCUT2D eigenvalue weighted by molar-refractivity contribution is 0.0964. The molecule has 0 heterocycles. The maximum atomic E-state index is 13.1. The van der Waals surface area contributed by atoms with E-state index in [2.05, 4.69) is 0 Å². The fraction of sp³-hybridized carbons (Fsp3) is 0.300. The number of phenolic OH excluding ortho intramolecular Hbond substituents is 1. The average Bonchev–Trinajstić information content (AvgIpc) is 2.12. The molecule has 0 aliphatic rings. The number of benzene rings is 1. The molecule has 3 N–H and O–H groups in total. The Morgan fingerprint density at radius 1 is 1.57 bits per heavy atom. The van der Waals surface area contributed by atoms with Gasteiger partial charge in [0.1, 0.15) is 11.6 Å². The van der Waals surface area contributed by atoms with E-state index in [1.54, 1.807) is 0 Å². The summed E-state index contributed by atoms with van der Waals surface area (Å²) in [6, 6.07) is 1.52. The van der Waals surface area contributed by atoms with Crippen molar-refractivity contribution >= 4 is 5.78 Å². The fourth-order valence-electron chi connectivity index (χ4n) is 1.21. The van der Waals surface area contributed by atoms with E-state index in [0.717, 1.165) is 12.1 Å². The zero-order chi connectivity index (χ0) is 10.9. The van der Waals surface area contributed by atoms with Crippen molar-refractivity contribution in [1.82, 2.24) is 0 Å². The molecule has 1 atom stereocenters. The minimum atomic E-state index is -0.749. The summed E-state index contributed by atoms with van der Waals surface area (Å²) < 4.78 is 13.1. The first kappa shape index (κ1) is 10.7. The molecule has 0 bridgehead atoms. The lowest BCUT2D eigenvalue weighted by Gasteiger charge is -2.10. The van der Waals surface area contributed by atoms with E-state index in [1.807, 2.05) is 0 Å². The Balaban J connectivity index is 3.33. The highest BCUT2D eigenvalue weighted by Crippen LogP contribution is 2.24. The number of rotatable bonds is 2. The van der Waals surface area contributed by atoms with Gasteiger partial charge < -0.3 is 10.8 Å². The molecule has 0 spiro atoms. The molecular formula is C10H12FNO2. The summed E-state index contributed by atoms with van der Waals surface area (Å²) in [5.74, 6) is -1.21. The third kappa shape index (κ3) is 1.75. The molecule has 1 aromatic carbocycles. The summed E-state index contributed by atoms with van der Waals surface area (Å²) in [5, 5.41) is 9.39. The predicted octanol–water partition coefficient (Wildman–Crippen LogP) is 1.37. The number of ketones is 1. The maximum Gasteiger partial charge on any atom is 0.183 e. The number of nitrogens with two attached hydrogens (primary N) is 1. The van der Waals surface area contributed by atoms with Crippen LogP contribution in [-0.2, 0) is 0 Å². The molecule has 3 nitrogen and oxygen atoms in total. The molecule has 1 rings (SSSR count). The van der Waals surface area contributed by atoms with Gasteiger partial charge in [0.05, 0.1) is 11.6 Å². The van der Waals surface area contributed by atoms with Crippen LogP contribution in [0.1, 0.15) is 22.8 Å². The summed E-state index contributed by atoms with van der Waals surface area (Å²) in [6.45, 7) is 2.93. The largest absolute Gasteiger partial charge is 0.507 e. The summed E-state index contributed by atoms with van der Waals surface area (Å²) in [7, 11) is 0. The molecule has 1 unspecified atom stereocenters. The topological polar surface area (TPSA) is 63.3 Å². The van der Waals surface area contributed by atoms with Crippen LogP contribution in [-0.4, -0.2) is 16.9 Å². The predicted molar refractivity (Wildman–Crippen MR) is 50.8 cm³/mol. The molecule has 0 aliphatic carbocycles. The fourth-order valence-corrected chi connectivity index (χ4v) is 1.21. The number of phenols is 1. The molecule has 0 fully saturated rings. The van der Waals surface area contributed by atoms with E-state index >= 15 is 0 Å². The Hall–Kier alpha value is -1.42. The summed E-state index contributed by atoms with van der Waals surface area (Å²) in [4.78, 5) is 11.5. The van der Waals surface area contributed by atoms with Crippen LogP contribution < -0.4 is 5.73 Å². The van der Waals surface area contributed by atoms with Crippen LogP contribution in [0.5, 0.6) is 5.75 Å². The summed E-state index contributed by atoms with van der Waals surface area (Å²) in [5.41, 5.74) is 5.48. The molecule has 14 heavy (non-hydrogen) atoms. The van der Waals surface area contributed by atoms with Gasteiger partial charge in [0.2, 0.25) is 0 Å². The van der Waals surface area contributed by atoms with Crippen molar-refractivity contribution in [3.05, 3.63) is 29.1 Å². The number of aromatic hydroxyl groups is 1. The van der Waals surface area contributed by atoms with E-state index in [4.69, 9.17) is 5.73 Å². The van der Waals surface area contributed by atoms with Crippen LogP contribution >= 0.6 is 0 Å². The molecular weight excluding hydrogens is 185 g/mol. The quantitative estimate of drug-likeness (QED) is 0.704. The highest BCUT2D eigenvalue weighted by molar-refractivity contribution is 6.03. The summed E-state index contributed by atoms with van der Waals surface area (Å²) in [6.07, 6.45) is 0. The van der Waals surface area contributed by atoms with Gasteiger partial charge >= 0.3 is 0 Å². The van der Waals surface area contributed by atoms with Gasteiger partial charge in [-0.05, 0) is 31.5 Å². The second-order valence-electron chi connectivity index (χ2n) is 3.22. The third-order valence-corrected chi connectivity index (χ3v) is 2.04. The van der Waals surface area contributed by atoms with Gasteiger partial charge in [0.15, 0.2) is 5.78 Å². The van der Waals surface area contributed by atoms with Gasteiger partial charge in [-0.2, -0.15) is 0 Å². The van der Waals surface area contributed by atoms with Gasteiger partial charge in [-0.25, -0.2) is 4.39 Å². The van der Waals surface area contributed by atoms with Crippen LogP contribution in [0, 0.1) is 12.7 Å². The first-order valence-electron chi connectivity index (χ1n) is 4.23. The molecule has 4 heteroatoms. The van der Waals surface area contributed by atoms with E-state index in [0.29, 0.717) is 0 Å². The van der Waals surface area contributed by atoms with Gasteiger partial charge in [0.25, 0.3) is 0 Å². The molecule has 0 saturated carbocycles.